The Balaban J connectivity index is 3.02. The van der Waals surface area contributed by atoms with Gasteiger partial charge >= 0.3 is 0 Å². The molecule has 0 atom stereocenters. The van der Waals surface area contributed by atoms with Gasteiger partial charge in [-0.1, -0.05) is 19.8 Å². The normalized spacial score (nSPS) is 12.0. The first-order chi connectivity index (χ1) is 5.06. The second-order valence-electron chi connectivity index (χ2n) is 3.52. The minimum absolute atomic E-state index is 0.330. The van der Waals surface area contributed by atoms with E-state index in [9.17, 15) is 5.11 Å². The van der Waals surface area contributed by atoms with Gasteiger partial charge in [-0.25, -0.2) is 5.11 Å². The Labute approximate surface area is 69.6 Å². The van der Waals surface area contributed by atoms with Crippen LogP contribution in [0.15, 0.2) is 0 Å². The molecule has 0 saturated heterocycles. The number of unbranched alkanes of at least 4 members (excludes halogenated alkanes) is 2. The lowest BCUT2D eigenvalue weighted by molar-refractivity contribution is -0.0663. The smallest absolute Gasteiger partial charge is 0.121 e. The van der Waals surface area contributed by atoms with Crippen LogP contribution in [0.3, 0.4) is 0 Å². The highest BCUT2D eigenvalue weighted by Gasteiger charge is 2.14. The Kier molecular flexibility index (Phi) is 5.51. The Bertz CT molecular complexity index is 84.1. The molecule has 0 amide bonds. The summed E-state index contributed by atoms with van der Waals surface area (Å²) < 4.78 is 5.19. The molecule has 0 aliphatic rings. The predicted molar refractivity (Wildman–Crippen MR) is 45.1 cm³/mol. The van der Waals surface area contributed by atoms with Gasteiger partial charge in [-0.2, -0.15) is 0 Å². The van der Waals surface area contributed by atoms with E-state index in [0.29, 0.717) is 6.61 Å². The van der Waals surface area contributed by atoms with Gasteiger partial charge in [0.15, 0.2) is 0 Å². The van der Waals surface area contributed by atoms with E-state index in [1.807, 2.05) is 0 Å². The van der Waals surface area contributed by atoms with Crippen LogP contribution in [-0.2, 0) is 9.84 Å². The molecule has 1 radical (unpaired) electrons. The number of ether oxygens (including phenoxy) is 1. The first-order valence-electron chi connectivity index (χ1n) is 4.34. The molecule has 0 spiro atoms. The highest BCUT2D eigenvalue weighted by atomic mass is 16.5. The first kappa shape index (κ1) is 10.9. The number of hydrogen-bond acceptors (Lipinski definition) is 1. The maximum Gasteiger partial charge on any atom is 0.121 e. The zero-order valence-corrected chi connectivity index (χ0v) is 7.85. The summed E-state index contributed by atoms with van der Waals surface area (Å²) in [6.45, 7) is 6.51. The molecule has 0 bridgehead atoms. The van der Waals surface area contributed by atoms with Crippen molar-refractivity contribution < 1.29 is 9.84 Å². The molecule has 0 aliphatic heterocycles. The summed E-state index contributed by atoms with van der Waals surface area (Å²) in [4.78, 5) is 0. The summed E-state index contributed by atoms with van der Waals surface area (Å²) in [5, 5.41) is 11.0. The van der Waals surface area contributed by atoms with E-state index in [-0.39, 0.29) is 0 Å². The van der Waals surface area contributed by atoms with Crippen molar-refractivity contribution in [2.24, 2.45) is 0 Å². The van der Waals surface area contributed by atoms with Crippen molar-refractivity contribution in [1.29, 1.82) is 0 Å². The summed E-state index contributed by atoms with van der Waals surface area (Å²) in [5.41, 5.74) is -0.924. The highest BCUT2D eigenvalue weighted by Crippen LogP contribution is 2.03. The lowest BCUT2D eigenvalue weighted by atomic mass is 10.2. The molecule has 0 heterocycles. The van der Waals surface area contributed by atoms with Gasteiger partial charge in [0.1, 0.15) is 5.60 Å². The van der Waals surface area contributed by atoms with Crippen LogP contribution in [0, 0.1) is 0 Å². The van der Waals surface area contributed by atoms with Gasteiger partial charge < -0.3 is 4.74 Å². The van der Waals surface area contributed by atoms with Crippen LogP contribution in [-0.4, -0.2) is 18.8 Å². The summed E-state index contributed by atoms with van der Waals surface area (Å²) in [5.74, 6) is 0. The van der Waals surface area contributed by atoms with Crippen molar-refractivity contribution in [2.75, 3.05) is 13.2 Å². The molecule has 0 saturated carbocycles. The van der Waals surface area contributed by atoms with Crippen molar-refractivity contribution in [3.05, 3.63) is 0 Å². The first-order valence-corrected chi connectivity index (χ1v) is 4.34. The van der Waals surface area contributed by atoms with E-state index in [1.54, 1.807) is 13.8 Å². The van der Waals surface area contributed by atoms with E-state index < -0.39 is 5.60 Å². The topological polar surface area (TPSA) is 29.1 Å². The Hall–Kier alpha value is -0.0800. The maximum absolute atomic E-state index is 11.0. The van der Waals surface area contributed by atoms with Gasteiger partial charge in [-0.05, 0) is 20.3 Å². The second-order valence-corrected chi connectivity index (χ2v) is 3.52. The third-order valence-corrected chi connectivity index (χ3v) is 1.34. The van der Waals surface area contributed by atoms with E-state index in [0.717, 1.165) is 13.0 Å². The van der Waals surface area contributed by atoms with Gasteiger partial charge in [-0.15, -0.1) is 0 Å². The zero-order valence-electron chi connectivity index (χ0n) is 7.85. The van der Waals surface area contributed by atoms with Crippen molar-refractivity contribution in [2.45, 2.75) is 45.6 Å². The molecule has 0 fully saturated rings. The van der Waals surface area contributed by atoms with Gasteiger partial charge in [0.05, 0.1) is 6.61 Å². The standard InChI is InChI=1S/C9H19O2/c1-4-5-6-7-11-8-9(2,3)10/h4-8H2,1-3H3. The second kappa shape index (κ2) is 5.56. The van der Waals surface area contributed by atoms with Gasteiger partial charge in [0.2, 0.25) is 0 Å². The van der Waals surface area contributed by atoms with Crippen LogP contribution in [0.2, 0.25) is 0 Å². The molecule has 0 aromatic heterocycles. The lowest BCUT2D eigenvalue weighted by Crippen LogP contribution is -2.24. The van der Waals surface area contributed by atoms with Crippen molar-refractivity contribution in [1.82, 2.24) is 0 Å². The number of rotatable bonds is 6. The fraction of sp³-hybridized carbons (Fsp3) is 1.00. The molecule has 11 heavy (non-hydrogen) atoms. The van der Waals surface area contributed by atoms with Crippen LogP contribution < -0.4 is 0 Å². The summed E-state index contributed by atoms with van der Waals surface area (Å²) >= 11 is 0. The Morgan fingerprint density at radius 2 is 1.91 bits per heavy atom. The monoisotopic (exact) mass is 159 g/mol. The van der Waals surface area contributed by atoms with Crippen molar-refractivity contribution in [3.63, 3.8) is 0 Å². The van der Waals surface area contributed by atoms with Crippen molar-refractivity contribution >= 4 is 0 Å². The van der Waals surface area contributed by atoms with Crippen LogP contribution in [0.25, 0.3) is 0 Å². The average Bonchev–Trinajstić information content (AvgIpc) is 1.85. The summed E-state index contributed by atoms with van der Waals surface area (Å²) in [7, 11) is 0. The molecular formula is C9H19O2. The van der Waals surface area contributed by atoms with E-state index in [1.165, 1.54) is 12.8 Å². The molecule has 0 rings (SSSR count). The minimum Gasteiger partial charge on any atom is -0.378 e. The number of hydrogen-bond donors (Lipinski definition) is 0. The molecule has 0 aliphatic carbocycles. The largest absolute Gasteiger partial charge is 0.378 e. The lowest BCUT2D eigenvalue weighted by Gasteiger charge is -2.13. The molecule has 0 aromatic carbocycles. The highest BCUT2D eigenvalue weighted by molar-refractivity contribution is 4.61. The molecule has 0 N–H and O–H groups in total. The third kappa shape index (κ3) is 9.92. The van der Waals surface area contributed by atoms with Crippen LogP contribution in [0.5, 0.6) is 0 Å². The van der Waals surface area contributed by atoms with Gasteiger partial charge in [0.25, 0.3) is 0 Å². The van der Waals surface area contributed by atoms with E-state index in [2.05, 4.69) is 6.92 Å². The fourth-order valence-corrected chi connectivity index (χ4v) is 0.772. The molecule has 0 unspecified atom stereocenters. The Morgan fingerprint density at radius 1 is 1.27 bits per heavy atom. The quantitative estimate of drug-likeness (QED) is 0.547. The van der Waals surface area contributed by atoms with Crippen molar-refractivity contribution in [3.8, 4) is 0 Å². The van der Waals surface area contributed by atoms with Crippen LogP contribution in [0.4, 0.5) is 0 Å². The SMILES string of the molecule is CCCCCOCC(C)(C)[O]. The minimum atomic E-state index is -0.924. The fourth-order valence-electron chi connectivity index (χ4n) is 0.772. The maximum atomic E-state index is 11.0. The predicted octanol–water partition coefficient (Wildman–Crippen LogP) is 2.40. The van der Waals surface area contributed by atoms with Gasteiger partial charge in [0, 0.05) is 6.61 Å². The summed E-state index contributed by atoms with van der Waals surface area (Å²) in [6.07, 6.45) is 3.47. The van der Waals surface area contributed by atoms with Gasteiger partial charge in [-0.3, -0.25) is 0 Å². The van der Waals surface area contributed by atoms with Crippen LogP contribution in [0.1, 0.15) is 40.0 Å². The Morgan fingerprint density at radius 3 is 2.36 bits per heavy atom. The molecule has 2 nitrogen and oxygen atoms in total. The average molecular weight is 159 g/mol. The summed E-state index contributed by atoms with van der Waals surface area (Å²) in [6, 6.07) is 0. The molecular weight excluding hydrogens is 140 g/mol. The third-order valence-electron chi connectivity index (χ3n) is 1.34. The molecule has 0 aromatic rings. The molecule has 67 valence electrons. The van der Waals surface area contributed by atoms with Crippen LogP contribution >= 0.6 is 0 Å². The van der Waals surface area contributed by atoms with E-state index in [4.69, 9.17) is 4.74 Å². The van der Waals surface area contributed by atoms with E-state index >= 15 is 0 Å². The molecule has 2 heteroatoms. The zero-order chi connectivity index (χ0) is 8.74.